The molecule has 1 aliphatic rings. The SMILES string of the molecule is NC(=O)C1CCN(C(=O)c2ccccc2NC(=O)/C=C/c2ccc(Cl)c(Cl)c2)CC1. The van der Waals surface area contributed by atoms with Crippen molar-refractivity contribution in [3.63, 3.8) is 0 Å². The summed E-state index contributed by atoms with van der Waals surface area (Å²) in [6.45, 7) is 0.901. The van der Waals surface area contributed by atoms with Crippen molar-refractivity contribution in [2.45, 2.75) is 12.8 Å². The lowest BCUT2D eigenvalue weighted by Gasteiger charge is -2.31. The highest BCUT2D eigenvalue weighted by Crippen LogP contribution is 2.24. The average molecular weight is 446 g/mol. The second-order valence-corrected chi connectivity index (χ2v) is 7.82. The number of amides is 3. The van der Waals surface area contributed by atoms with Crippen molar-refractivity contribution in [3.8, 4) is 0 Å². The number of likely N-dealkylation sites (tertiary alicyclic amines) is 1. The van der Waals surface area contributed by atoms with Gasteiger partial charge in [0, 0.05) is 25.1 Å². The molecule has 30 heavy (non-hydrogen) atoms. The number of benzene rings is 2. The molecule has 1 aliphatic heterocycles. The number of hydrogen-bond donors (Lipinski definition) is 2. The fraction of sp³-hybridized carbons (Fsp3) is 0.227. The van der Waals surface area contributed by atoms with Gasteiger partial charge >= 0.3 is 0 Å². The van der Waals surface area contributed by atoms with Crippen LogP contribution in [0.4, 0.5) is 5.69 Å². The third-order valence-corrected chi connectivity index (χ3v) is 5.71. The van der Waals surface area contributed by atoms with Gasteiger partial charge in [0.05, 0.1) is 21.3 Å². The van der Waals surface area contributed by atoms with E-state index in [1.165, 1.54) is 6.08 Å². The van der Waals surface area contributed by atoms with Crippen LogP contribution in [0.1, 0.15) is 28.8 Å². The van der Waals surface area contributed by atoms with Crippen molar-refractivity contribution in [3.05, 3.63) is 69.7 Å². The van der Waals surface area contributed by atoms with Gasteiger partial charge < -0.3 is 16.0 Å². The molecule has 0 spiro atoms. The second-order valence-electron chi connectivity index (χ2n) is 7.01. The molecular weight excluding hydrogens is 425 g/mol. The van der Waals surface area contributed by atoms with Crippen LogP contribution in [0.25, 0.3) is 6.08 Å². The molecule has 0 aliphatic carbocycles. The van der Waals surface area contributed by atoms with Crippen LogP contribution in [0.2, 0.25) is 10.0 Å². The van der Waals surface area contributed by atoms with Crippen LogP contribution >= 0.6 is 23.2 Å². The molecule has 0 unspecified atom stereocenters. The Morgan fingerprint density at radius 2 is 1.73 bits per heavy atom. The maximum absolute atomic E-state index is 12.9. The number of nitrogens with one attached hydrogen (secondary N) is 1. The average Bonchev–Trinajstić information content (AvgIpc) is 2.74. The summed E-state index contributed by atoms with van der Waals surface area (Å²) in [5.74, 6) is -1.10. The number of hydrogen-bond acceptors (Lipinski definition) is 3. The van der Waals surface area contributed by atoms with Crippen molar-refractivity contribution >= 4 is 52.7 Å². The molecule has 8 heteroatoms. The van der Waals surface area contributed by atoms with E-state index in [0.29, 0.717) is 47.2 Å². The van der Waals surface area contributed by atoms with Gasteiger partial charge in [-0.2, -0.15) is 0 Å². The number of nitrogens with zero attached hydrogens (tertiary/aromatic N) is 1. The van der Waals surface area contributed by atoms with E-state index in [-0.39, 0.29) is 23.6 Å². The maximum Gasteiger partial charge on any atom is 0.255 e. The van der Waals surface area contributed by atoms with E-state index >= 15 is 0 Å². The second kappa shape index (κ2) is 9.78. The zero-order valence-electron chi connectivity index (χ0n) is 16.1. The van der Waals surface area contributed by atoms with Crippen molar-refractivity contribution < 1.29 is 14.4 Å². The van der Waals surface area contributed by atoms with E-state index in [2.05, 4.69) is 5.32 Å². The molecule has 3 N–H and O–H groups in total. The number of halogens is 2. The molecule has 0 atom stereocenters. The predicted octanol–water partition coefficient (Wildman–Crippen LogP) is 3.98. The number of carbonyl (C=O) groups excluding carboxylic acids is 3. The highest BCUT2D eigenvalue weighted by Gasteiger charge is 2.27. The molecule has 1 heterocycles. The van der Waals surface area contributed by atoms with E-state index in [1.54, 1.807) is 53.4 Å². The third kappa shape index (κ3) is 5.40. The minimum atomic E-state index is -0.381. The summed E-state index contributed by atoms with van der Waals surface area (Å²) < 4.78 is 0. The molecule has 1 saturated heterocycles. The summed E-state index contributed by atoms with van der Waals surface area (Å²) in [5.41, 5.74) is 6.89. The zero-order valence-corrected chi connectivity index (χ0v) is 17.6. The Balaban J connectivity index is 1.68. The Kier molecular flexibility index (Phi) is 7.13. The minimum Gasteiger partial charge on any atom is -0.369 e. The van der Waals surface area contributed by atoms with Crippen molar-refractivity contribution in [1.29, 1.82) is 0 Å². The molecule has 3 rings (SSSR count). The fourth-order valence-electron chi connectivity index (χ4n) is 3.28. The van der Waals surface area contributed by atoms with E-state index < -0.39 is 0 Å². The quantitative estimate of drug-likeness (QED) is 0.681. The number of para-hydroxylation sites is 1. The number of rotatable bonds is 5. The van der Waals surface area contributed by atoms with Gasteiger partial charge in [0.1, 0.15) is 0 Å². The van der Waals surface area contributed by atoms with Crippen LogP contribution in [0.15, 0.2) is 48.5 Å². The van der Waals surface area contributed by atoms with Crippen LogP contribution in [0.5, 0.6) is 0 Å². The first kappa shape index (κ1) is 21.9. The van der Waals surface area contributed by atoms with Crippen molar-refractivity contribution in [2.24, 2.45) is 11.7 Å². The van der Waals surface area contributed by atoms with Gasteiger partial charge in [-0.3, -0.25) is 14.4 Å². The van der Waals surface area contributed by atoms with Gasteiger partial charge in [-0.15, -0.1) is 0 Å². The van der Waals surface area contributed by atoms with Gasteiger partial charge in [-0.1, -0.05) is 41.4 Å². The minimum absolute atomic E-state index is 0.192. The summed E-state index contributed by atoms with van der Waals surface area (Å²) in [4.78, 5) is 38.3. The molecule has 0 aromatic heterocycles. The van der Waals surface area contributed by atoms with Crippen molar-refractivity contribution in [2.75, 3.05) is 18.4 Å². The molecule has 1 fully saturated rings. The molecule has 0 saturated carbocycles. The summed E-state index contributed by atoms with van der Waals surface area (Å²) in [5, 5.41) is 3.58. The largest absolute Gasteiger partial charge is 0.369 e. The standard InChI is InChI=1S/C22H21Cl2N3O3/c23-17-7-5-14(13-18(17)24)6-8-20(28)26-19-4-2-1-3-16(19)22(30)27-11-9-15(10-12-27)21(25)29/h1-8,13,15H,9-12H2,(H2,25,29)(H,26,28)/b8-6+. The van der Waals surface area contributed by atoms with Gasteiger partial charge in [-0.05, 0) is 48.7 Å². The van der Waals surface area contributed by atoms with E-state index in [1.807, 2.05) is 0 Å². The first-order valence-corrected chi connectivity index (χ1v) is 10.2. The maximum atomic E-state index is 12.9. The van der Waals surface area contributed by atoms with Crippen LogP contribution < -0.4 is 11.1 Å². The smallest absolute Gasteiger partial charge is 0.255 e. The lowest BCUT2D eigenvalue weighted by atomic mass is 9.95. The molecule has 156 valence electrons. The van der Waals surface area contributed by atoms with Crippen LogP contribution in [-0.2, 0) is 9.59 Å². The Bertz CT molecular complexity index is 999. The van der Waals surface area contributed by atoms with E-state index in [0.717, 1.165) is 5.56 Å². The fourth-order valence-corrected chi connectivity index (χ4v) is 3.58. The first-order chi connectivity index (χ1) is 14.3. The van der Waals surface area contributed by atoms with Gasteiger partial charge in [0.15, 0.2) is 0 Å². The van der Waals surface area contributed by atoms with Crippen LogP contribution in [-0.4, -0.2) is 35.7 Å². The van der Waals surface area contributed by atoms with Crippen LogP contribution in [0.3, 0.4) is 0 Å². The van der Waals surface area contributed by atoms with Gasteiger partial charge in [0.2, 0.25) is 11.8 Å². The summed E-state index contributed by atoms with van der Waals surface area (Å²) in [6.07, 6.45) is 4.06. The molecule has 2 aromatic rings. The zero-order chi connectivity index (χ0) is 21.7. The first-order valence-electron chi connectivity index (χ1n) is 9.47. The Morgan fingerprint density at radius 1 is 1.03 bits per heavy atom. The van der Waals surface area contributed by atoms with E-state index in [4.69, 9.17) is 28.9 Å². The Hall–Kier alpha value is -2.83. The monoisotopic (exact) mass is 445 g/mol. The highest BCUT2D eigenvalue weighted by atomic mass is 35.5. The van der Waals surface area contributed by atoms with Gasteiger partial charge in [-0.25, -0.2) is 0 Å². The topological polar surface area (TPSA) is 92.5 Å². The summed E-state index contributed by atoms with van der Waals surface area (Å²) >= 11 is 11.9. The third-order valence-electron chi connectivity index (χ3n) is 4.97. The van der Waals surface area contributed by atoms with E-state index in [9.17, 15) is 14.4 Å². The molecular formula is C22H21Cl2N3O3. The lowest BCUT2D eigenvalue weighted by Crippen LogP contribution is -2.42. The highest BCUT2D eigenvalue weighted by molar-refractivity contribution is 6.42. The number of anilines is 1. The molecule has 3 amide bonds. The predicted molar refractivity (Wildman–Crippen MR) is 118 cm³/mol. The number of carbonyl (C=O) groups is 3. The Labute approximate surface area is 184 Å². The summed E-state index contributed by atoms with van der Waals surface area (Å²) in [6, 6.07) is 11.9. The van der Waals surface area contributed by atoms with Crippen LogP contribution in [0, 0.1) is 5.92 Å². The molecule has 0 radical (unpaired) electrons. The van der Waals surface area contributed by atoms with Gasteiger partial charge in [0.25, 0.3) is 5.91 Å². The molecule has 0 bridgehead atoms. The summed E-state index contributed by atoms with van der Waals surface area (Å²) in [7, 11) is 0. The number of nitrogens with two attached hydrogens (primary N) is 1. The van der Waals surface area contributed by atoms with Crippen molar-refractivity contribution in [1.82, 2.24) is 4.90 Å². The molecule has 6 nitrogen and oxygen atoms in total. The Morgan fingerprint density at radius 3 is 2.40 bits per heavy atom. The lowest BCUT2D eigenvalue weighted by molar-refractivity contribution is -0.123. The number of piperidine rings is 1. The molecule has 2 aromatic carbocycles. The normalized spacial score (nSPS) is 14.7. The number of primary amides is 1.